The van der Waals surface area contributed by atoms with E-state index in [1.54, 1.807) is 4.90 Å². The Hall–Kier alpha value is -2.06. The predicted octanol–water partition coefficient (Wildman–Crippen LogP) is 0.804. The zero-order valence-electron chi connectivity index (χ0n) is 11.0. The second-order valence-corrected chi connectivity index (χ2v) is 5.39. The lowest BCUT2D eigenvalue weighted by Crippen LogP contribution is -2.42. The monoisotopic (exact) mass is 302 g/mol. The third-order valence-corrected chi connectivity index (χ3v) is 4.01. The molecule has 3 rings (SSSR count). The lowest BCUT2D eigenvalue weighted by atomic mass is 10.0. The fourth-order valence-electron chi connectivity index (χ4n) is 3.03. The summed E-state index contributed by atoms with van der Waals surface area (Å²) in [6.45, 7) is 0.833. The van der Waals surface area contributed by atoms with E-state index in [1.165, 1.54) is 23.3 Å². The molecule has 0 bridgehead atoms. The normalized spacial score (nSPS) is 25.3. The molecule has 2 aliphatic heterocycles. The molecule has 9 heteroatoms. The Morgan fingerprint density at radius 3 is 2.10 bits per heavy atom. The SMILES string of the molecule is O=C(N1C[C@@H]2CN(C(=O)C(F)(F)F)C[C@@H]2C1)n1ccnc1. The molecule has 1 aromatic rings. The highest BCUT2D eigenvalue weighted by Crippen LogP contribution is 2.33. The van der Waals surface area contributed by atoms with E-state index in [2.05, 4.69) is 4.98 Å². The molecule has 0 N–H and O–H groups in total. The zero-order valence-corrected chi connectivity index (χ0v) is 11.0. The average Bonchev–Trinajstić information content (AvgIpc) is 3.10. The van der Waals surface area contributed by atoms with Gasteiger partial charge < -0.3 is 9.80 Å². The Morgan fingerprint density at radius 1 is 1.05 bits per heavy atom. The van der Waals surface area contributed by atoms with Crippen LogP contribution in [0, 0.1) is 11.8 Å². The third kappa shape index (κ3) is 2.47. The van der Waals surface area contributed by atoms with Gasteiger partial charge in [0.1, 0.15) is 6.33 Å². The van der Waals surface area contributed by atoms with Crippen LogP contribution < -0.4 is 0 Å². The zero-order chi connectivity index (χ0) is 15.2. The van der Waals surface area contributed by atoms with Crippen molar-refractivity contribution in [2.24, 2.45) is 11.8 Å². The van der Waals surface area contributed by atoms with E-state index >= 15 is 0 Å². The lowest BCUT2D eigenvalue weighted by Gasteiger charge is -2.22. The first-order valence-electron chi connectivity index (χ1n) is 6.49. The molecular formula is C12H13F3N4O2. The fourth-order valence-corrected chi connectivity index (χ4v) is 3.03. The van der Waals surface area contributed by atoms with Gasteiger partial charge >= 0.3 is 18.1 Å². The van der Waals surface area contributed by atoms with Crippen molar-refractivity contribution in [2.75, 3.05) is 26.2 Å². The molecule has 21 heavy (non-hydrogen) atoms. The molecule has 6 nitrogen and oxygen atoms in total. The van der Waals surface area contributed by atoms with Crippen LogP contribution in [0.3, 0.4) is 0 Å². The number of halogens is 3. The molecule has 0 aromatic carbocycles. The van der Waals surface area contributed by atoms with E-state index in [9.17, 15) is 22.8 Å². The number of alkyl halides is 3. The van der Waals surface area contributed by atoms with E-state index in [1.807, 2.05) is 0 Å². The topological polar surface area (TPSA) is 58.4 Å². The van der Waals surface area contributed by atoms with Crippen molar-refractivity contribution < 1.29 is 22.8 Å². The quantitative estimate of drug-likeness (QED) is 0.712. The number of amides is 2. The van der Waals surface area contributed by atoms with E-state index < -0.39 is 12.1 Å². The fraction of sp³-hybridized carbons (Fsp3) is 0.583. The molecule has 2 saturated heterocycles. The molecule has 0 saturated carbocycles. The summed E-state index contributed by atoms with van der Waals surface area (Å²) in [4.78, 5) is 29.5. The van der Waals surface area contributed by atoms with Gasteiger partial charge in [0.25, 0.3) is 0 Å². The number of rotatable bonds is 0. The van der Waals surface area contributed by atoms with Crippen LogP contribution in [0.2, 0.25) is 0 Å². The summed E-state index contributed by atoms with van der Waals surface area (Å²) in [6.07, 6.45) is -0.435. The molecule has 0 radical (unpaired) electrons. The number of carbonyl (C=O) groups excluding carboxylic acids is 2. The molecular weight excluding hydrogens is 289 g/mol. The molecule has 0 spiro atoms. The first-order valence-corrected chi connectivity index (χ1v) is 6.49. The maximum absolute atomic E-state index is 12.4. The van der Waals surface area contributed by atoms with E-state index in [0.29, 0.717) is 13.1 Å². The summed E-state index contributed by atoms with van der Waals surface area (Å²) in [7, 11) is 0. The minimum absolute atomic E-state index is 0.0523. The van der Waals surface area contributed by atoms with Gasteiger partial charge in [0.2, 0.25) is 0 Å². The molecule has 2 atom stereocenters. The molecule has 0 unspecified atom stereocenters. The molecule has 2 amide bonds. The van der Waals surface area contributed by atoms with Crippen LogP contribution in [0.1, 0.15) is 0 Å². The highest BCUT2D eigenvalue weighted by atomic mass is 19.4. The molecule has 3 heterocycles. The van der Waals surface area contributed by atoms with Crippen LogP contribution in [0.4, 0.5) is 18.0 Å². The number of hydrogen-bond donors (Lipinski definition) is 0. The standard InChI is InChI=1S/C12H13F3N4O2/c13-12(14,15)10(20)18-3-8-5-19(6-9(8)4-18)11(21)17-2-1-16-7-17/h1-2,7-9H,3-6H2/t8-,9+. The summed E-state index contributed by atoms with van der Waals surface area (Å²) < 4.78 is 38.5. The summed E-state index contributed by atoms with van der Waals surface area (Å²) in [5.74, 6) is -1.98. The highest BCUT2D eigenvalue weighted by Gasteiger charge is 2.49. The van der Waals surface area contributed by atoms with Crippen LogP contribution in [0.15, 0.2) is 18.7 Å². The number of hydrogen-bond acceptors (Lipinski definition) is 3. The van der Waals surface area contributed by atoms with Crippen molar-refractivity contribution in [3.63, 3.8) is 0 Å². The van der Waals surface area contributed by atoms with Crippen LogP contribution >= 0.6 is 0 Å². The van der Waals surface area contributed by atoms with Gasteiger partial charge in [-0.2, -0.15) is 13.2 Å². The summed E-state index contributed by atoms with van der Waals surface area (Å²) in [5.41, 5.74) is 0. The minimum atomic E-state index is -4.83. The molecule has 114 valence electrons. The molecule has 2 aliphatic rings. The predicted molar refractivity (Wildman–Crippen MR) is 64.2 cm³/mol. The molecule has 2 fully saturated rings. The van der Waals surface area contributed by atoms with Crippen molar-refractivity contribution in [1.29, 1.82) is 0 Å². The highest BCUT2D eigenvalue weighted by molar-refractivity contribution is 5.82. The van der Waals surface area contributed by atoms with Gasteiger partial charge in [0.15, 0.2) is 0 Å². The Bertz CT molecular complexity index is 543. The van der Waals surface area contributed by atoms with Gasteiger partial charge in [0, 0.05) is 50.4 Å². The number of carbonyl (C=O) groups is 2. The van der Waals surface area contributed by atoms with Gasteiger partial charge in [-0.3, -0.25) is 9.36 Å². The molecule has 0 aliphatic carbocycles. The van der Waals surface area contributed by atoms with Gasteiger partial charge in [-0.15, -0.1) is 0 Å². The van der Waals surface area contributed by atoms with E-state index in [4.69, 9.17) is 0 Å². The van der Waals surface area contributed by atoms with Gasteiger partial charge in [-0.25, -0.2) is 9.78 Å². The smallest absolute Gasteiger partial charge is 0.334 e. The van der Waals surface area contributed by atoms with Crippen LogP contribution in [0.25, 0.3) is 0 Å². The molecule has 1 aromatic heterocycles. The Labute approximate surface area is 118 Å². The Balaban J connectivity index is 1.62. The number of aromatic nitrogens is 2. The largest absolute Gasteiger partial charge is 0.471 e. The van der Waals surface area contributed by atoms with Gasteiger partial charge in [-0.1, -0.05) is 0 Å². The first-order chi connectivity index (χ1) is 9.86. The second kappa shape index (κ2) is 4.74. The van der Waals surface area contributed by atoms with Crippen molar-refractivity contribution >= 4 is 11.9 Å². The van der Waals surface area contributed by atoms with Gasteiger partial charge in [-0.05, 0) is 0 Å². The summed E-state index contributed by atoms with van der Waals surface area (Å²) >= 11 is 0. The average molecular weight is 302 g/mol. The van der Waals surface area contributed by atoms with Crippen LogP contribution in [-0.2, 0) is 4.79 Å². The number of imidazole rings is 1. The Kier molecular flexibility index (Phi) is 3.14. The lowest BCUT2D eigenvalue weighted by molar-refractivity contribution is -0.184. The van der Waals surface area contributed by atoms with Crippen molar-refractivity contribution in [2.45, 2.75) is 6.18 Å². The maximum Gasteiger partial charge on any atom is 0.471 e. The second-order valence-electron chi connectivity index (χ2n) is 5.39. The van der Waals surface area contributed by atoms with E-state index in [0.717, 1.165) is 4.90 Å². The van der Waals surface area contributed by atoms with Crippen LogP contribution in [0.5, 0.6) is 0 Å². The summed E-state index contributed by atoms with van der Waals surface area (Å²) in [5, 5.41) is 0. The third-order valence-electron chi connectivity index (χ3n) is 4.01. The number of nitrogens with zero attached hydrogens (tertiary/aromatic N) is 4. The van der Waals surface area contributed by atoms with Crippen molar-refractivity contribution in [3.8, 4) is 0 Å². The number of fused-ring (bicyclic) bond motifs is 1. The van der Waals surface area contributed by atoms with Crippen molar-refractivity contribution in [1.82, 2.24) is 19.4 Å². The maximum atomic E-state index is 12.4. The minimum Gasteiger partial charge on any atom is -0.334 e. The van der Waals surface area contributed by atoms with Gasteiger partial charge in [0.05, 0.1) is 0 Å². The van der Waals surface area contributed by atoms with E-state index in [-0.39, 0.29) is 31.0 Å². The van der Waals surface area contributed by atoms with Crippen molar-refractivity contribution in [3.05, 3.63) is 18.7 Å². The summed E-state index contributed by atoms with van der Waals surface area (Å²) in [6, 6.07) is -0.240. The first kappa shape index (κ1) is 13.9. The van der Waals surface area contributed by atoms with Crippen LogP contribution in [-0.4, -0.2) is 63.6 Å². The number of likely N-dealkylation sites (tertiary alicyclic amines) is 2. The Morgan fingerprint density at radius 2 is 1.62 bits per heavy atom.